The third-order valence-corrected chi connectivity index (χ3v) is 5.27. The van der Waals surface area contributed by atoms with Gasteiger partial charge in [0.1, 0.15) is 23.9 Å². The van der Waals surface area contributed by atoms with Crippen LogP contribution in [-0.2, 0) is 14.3 Å². The van der Waals surface area contributed by atoms with Gasteiger partial charge in [-0.05, 0) is 43.2 Å². The van der Waals surface area contributed by atoms with E-state index >= 15 is 0 Å². The van der Waals surface area contributed by atoms with Gasteiger partial charge in [0.15, 0.2) is 0 Å². The number of ketones is 1. The Labute approximate surface area is 193 Å². The Morgan fingerprint density at radius 1 is 1.12 bits per heavy atom. The number of hydrogen-bond acceptors (Lipinski definition) is 6. The molecular weight excluding hydrogens is 422 g/mol. The second-order valence-corrected chi connectivity index (χ2v) is 7.47. The molecule has 0 bridgehead atoms. The molecule has 1 N–H and O–H groups in total. The highest BCUT2D eigenvalue weighted by atomic mass is 16.5. The van der Waals surface area contributed by atoms with Crippen molar-refractivity contribution >= 4 is 17.4 Å². The van der Waals surface area contributed by atoms with Crippen molar-refractivity contribution in [1.82, 2.24) is 4.90 Å². The molecule has 1 aliphatic heterocycles. The summed E-state index contributed by atoms with van der Waals surface area (Å²) in [5.41, 5.74) is 1.15. The van der Waals surface area contributed by atoms with E-state index in [-0.39, 0.29) is 11.3 Å². The van der Waals surface area contributed by atoms with Crippen molar-refractivity contribution in [3.63, 3.8) is 0 Å². The fourth-order valence-corrected chi connectivity index (χ4v) is 3.79. The molecule has 1 atom stereocenters. The van der Waals surface area contributed by atoms with Crippen molar-refractivity contribution in [2.24, 2.45) is 0 Å². The lowest BCUT2D eigenvalue weighted by Crippen LogP contribution is -2.31. The van der Waals surface area contributed by atoms with Gasteiger partial charge >= 0.3 is 0 Å². The van der Waals surface area contributed by atoms with Crippen LogP contribution in [0.15, 0.2) is 66.8 Å². The van der Waals surface area contributed by atoms with Crippen LogP contribution >= 0.6 is 0 Å². The van der Waals surface area contributed by atoms with Gasteiger partial charge in [-0.2, -0.15) is 0 Å². The zero-order chi connectivity index (χ0) is 23.8. The van der Waals surface area contributed by atoms with Crippen molar-refractivity contribution in [3.8, 4) is 11.5 Å². The van der Waals surface area contributed by atoms with Crippen molar-refractivity contribution in [2.45, 2.75) is 19.4 Å². The SMILES string of the molecule is C=CCOc1ccc(C2C(=C(O)c3cccc(OCC)c3)C(=O)C(=O)N2CCCOC)cc1. The number of amides is 1. The quantitative estimate of drug-likeness (QED) is 0.182. The maximum absolute atomic E-state index is 13.1. The van der Waals surface area contributed by atoms with E-state index < -0.39 is 17.7 Å². The van der Waals surface area contributed by atoms with Gasteiger partial charge < -0.3 is 24.2 Å². The Bertz CT molecular complexity index is 1030. The predicted molar refractivity (Wildman–Crippen MR) is 125 cm³/mol. The fraction of sp³-hybridized carbons (Fsp3) is 0.308. The van der Waals surface area contributed by atoms with E-state index in [1.165, 1.54) is 4.90 Å². The Morgan fingerprint density at radius 3 is 2.55 bits per heavy atom. The lowest BCUT2D eigenvalue weighted by molar-refractivity contribution is -0.140. The van der Waals surface area contributed by atoms with Crippen LogP contribution in [0.3, 0.4) is 0 Å². The lowest BCUT2D eigenvalue weighted by atomic mass is 9.95. The molecule has 1 fully saturated rings. The first-order valence-electron chi connectivity index (χ1n) is 10.9. The summed E-state index contributed by atoms with van der Waals surface area (Å²) in [6, 6.07) is 13.2. The molecule has 2 aromatic carbocycles. The first-order valence-corrected chi connectivity index (χ1v) is 10.9. The largest absolute Gasteiger partial charge is 0.507 e. The molecule has 174 valence electrons. The third-order valence-electron chi connectivity index (χ3n) is 5.27. The minimum Gasteiger partial charge on any atom is -0.507 e. The van der Waals surface area contributed by atoms with Gasteiger partial charge in [-0.25, -0.2) is 0 Å². The van der Waals surface area contributed by atoms with E-state index in [1.54, 1.807) is 61.7 Å². The van der Waals surface area contributed by atoms with Crippen molar-refractivity contribution in [3.05, 3.63) is 77.9 Å². The number of carbonyl (C=O) groups is 2. The molecule has 7 heteroatoms. The van der Waals surface area contributed by atoms with E-state index in [0.717, 1.165) is 0 Å². The molecule has 3 rings (SSSR count). The second-order valence-electron chi connectivity index (χ2n) is 7.47. The predicted octanol–water partition coefficient (Wildman–Crippen LogP) is 4.11. The molecule has 0 aromatic heterocycles. The van der Waals surface area contributed by atoms with Crippen LogP contribution in [-0.4, -0.2) is 55.2 Å². The van der Waals surface area contributed by atoms with E-state index in [2.05, 4.69) is 6.58 Å². The van der Waals surface area contributed by atoms with E-state index in [9.17, 15) is 14.7 Å². The molecule has 1 unspecified atom stereocenters. The summed E-state index contributed by atoms with van der Waals surface area (Å²) in [5, 5.41) is 11.2. The lowest BCUT2D eigenvalue weighted by Gasteiger charge is -2.25. The molecular formula is C26H29NO6. The maximum Gasteiger partial charge on any atom is 0.295 e. The molecule has 0 saturated carbocycles. The summed E-state index contributed by atoms with van der Waals surface area (Å²) in [6.07, 6.45) is 2.20. The van der Waals surface area contributed by atoms with Crippen LogP contribution in [0, 0.1) is 0 Å². The maximum atomic E-state index is 13.1. The van der Waals surface area contributed by atoms with Crippen LogP contribution in [0.5, 0.6) is 11.5 Å². The highest BCUT2D eigenvalue weighted by Gasteiger charge is 2.45. The monoisotopic (exact) mass is 451 g/mol. The van der Waals surface area contributed by atoms with Crippen LogP contribution in [0.4, 0.5) is 0 Å². The number of carbonyl (C=O) groups excluding carboxylic acids is 2. The number of likely N-dealkylation sites (tertiary alicyclic amines) is 1. The molecule has 1 heterocycles. The van der Waals surface area contributed by atoms with E-state index in [0.29, 0.717) is 55.4 Å². The smallest absolute Gasteiger partial charge is 0.295 e. The van der Waals surface area contributed by atoms with Gasteiger partial charge in [-0.1, -0.05) is 36.9 Å². The number of nitrogens with zero attached hydrogens (tertiary/aromatic N) is 1. The number of aliphatic hydroxyl groups is 1. The standard InChI is InChI=1S/C26H29NO6/c1-4-15-33-20-12-10-18(11-13-20)23-22(25(29)26(30)27(23)14-7-16-31-3)24(28)19-8-6-9-21(17-19)32-5-2/h4,6,8-13,17,23,28H,1,5,7,14-16H2,2-3H3. The van der Waals surface area contributed by atoms with E-state index in [1.807, 2.05) is 6.92 Å². The van der Waals surface area contributed by atoms with Crippen molar-refractivity contribution in [1.29, 1.82) is 0 Å². The number of methoxy groups -OCH3 is 1. The molecule has 0 aliphatic carbocycles. The van der Waals surface area contributed by atoms with Crippen molar-refractivity contribution < 1.29 is 28.9 Å². The number of ether oxygens (including phenoxy) is 3. The van der Waals surface area contributed by atoms with Crippen LogP contribution in [0.25, 0.3) is 5.76 Å². The van der Waals surface area contributed by atoms with Gasteiger partial charge in [0.05, 0.1) is 18.2 Å². The first-order chi connectivity index (χ1) is 16.0. The van der Waals surface area contributed by atoms with Crippen LogP contribution in [0.2, 0.25) is 0 Å². The Hall–Kier alpha value is -3.58. The van der Waals surface area contributed by atoms with Gasteiger partial charge in [0, 0.05) is 25.8 Å². The minimum absolute atomic E-state index is 0.0471. The zero-order valence-corrected chi connectivity index (χ0v) is 19.0. The third kappa shape index (κ3) is 5.43. The highest BCUT2D eigenvalue weighted by molar-refractivity contribution is 6.46. The molecule has 1 aliphatic rings. The topological polar surface area (TPSA) is 85.3 Å². The average molecular weight is 452 g/mol. The minimum atomic E-state index is -0.730. The summed E-state index contributed by atoms with van der Waals surface area (Å²) in [4.78, 5) is 27.5. The Balaban J connectivity index is 2.06. The molecule has 1 amide bonds. The molecule has 0 spiro atoms. The van der Waals surface area contributed by atoms with E-state index in [4.69, 9.17) is 14.2 Å². The normalized spacial score (nSPS) is 17.3. The fourth-order valence-electron chi connectivity index (χ4n) is 3.79. The summed E-state index contributed by atoms with van der Waals surface area (Å²) >= 11 is 0. The molecule has 2 aromatic rings. The second kappa shape index (κ2) is 11.3. The molecule has 1 saturated heterocycles. The van der Waals surface area contributed by atoms with Crippen LogP contribution in [0.1, 0.15) is 30.5 Å². The summed E-state index contributed by atoms with van der Waals surface area (Å²) in [6.45, 7) is 7.09. The summed E-state index contributed by atoms with van der Waals surface area (Å²) in [5.74, 6) is -0.397. The first kappa shape index (κ1) is 24.1. The number of Topliss-reactive ketones (excluding diaryl/α,β-unsaturated/α-hetero) is 1. The summed E-state index contributed by atoms with van der Waals surface area (Å²) in [7, 11) is 1.58. The zero-order valence-electron chi connectivity index (χ0n) is 19.0. The number of aliphatic hydroxyl groups excluding tert-OH is 1. The molecule has 7 nitrogen and oxygen atoms in total. The van der Waals surface area contributed by atoms with Crippen molar-refractivity contribution in [2.75, 3.05) is 33.5 Å². The van der Waals surface area contributed by atoms with Gasteiger partial charge in [0.25, 0.3) is 11.7 Å². The van der Waals surface area contributed by atoms with Gasteiger partial charge in [0.2, 0.25) is 0 Å². The van der Waals surface area contributed by atoms with Crippen LogP contribution < -0.4 is 9.47 Å². The number of benzene rings is 2. The Kier molecular flexibility index (Phi) is 8.27. The molecule has 33 heavy (non-hydrogen) atoms. The average Bonchev–Trinajstić information content (AvgIpc) is 3.08. The Morgan fingerprint density at radius 2 is 1.88 bits per heavy atom. The van der Waals surface area contributed by atoms with Gasteiger partial charge in [-0.3, -0.25) is 9.59 Å². The molecule has 0 radical (unpaired) electrons. The highest BCUT2D eigenvalue weighted by Crippen LogP contribution is 2.40. The summed E-state index contributed by atoms with van der Waals surface area (Å²) < 4.78 is 16.2. The van der Waals surface area contributed by atoms with Gasteiger partial charge in [-0.15, -0.1) is 0 Å². The number of rotatable bonds is 11. The number of hydrogen-bond donors (Lipinski definition) is 1.